The first kappa shape index (κ1) is 18.3. The Morgan fingerprint density at radius 1 is 1.20 bits per heavy atom. The number of pyridine rings is 1. The third-order valence-electron chi connectivity index (χ3n) is 2.96. The molecule has 0 unspecified atom stereocenters. The lowest BCUT2D eigenvalue weighted by atomic mass is 10.2. The van der Waals surface area contributed by atoms with Gasteiger partial charge in [-0.3, -0.25) is 4.98 Å². The number of aryl methyl sites for hydroxylation is 1. The van der Waals surface area contributed by atoms with Gasteiger partial charge in [0, 0.05) is 6.07 Å². The fraction of sp³-hybridized carbons (Fsp3) is 0.200. The van der Waals surface area contributed by atoms with E-state index in [1.54, 1.807) is 0 Å². The first-order valence-corrected chi connectivity index (χ1v) is 6.62. The molecule has 1 aromatic heterocycles. The van der Waals surface area contributed by atoms with Crippen LogP contribution in [0.3, 0.4) is 0 Å². The number of carbonyl (C=O) groups is 1. The number of hydrogen-bond donors (Lipinski definition) is 1. The van der Waals surface area contributed by atoms with Crippen molar-refractivity contribution >= 4 is 5.97 Å². The summed E-state index contributed by atoms with van der Waals surface area (Å²) in [5, 5.41) is 9.12. The van der Waals surface area contributed by atoms with Crippen LogP contribution >= 0.6 is 0 Å². The van der Waals surface area contributed by atoms with Crippen LogP contribution in [-0.4, -0.2) is 29.5 Å². The molecule has 134 valence electrons. The van der Waals surface area contributed by atoms with Crippen LogP contribution in [0.1, 0.15) is 16.1 Å². The maximum atomic E-state index is 13.9. The zero-order valence-corrected chi connectivity index (χ0v) is 12.8. The average Bonchev–Trinajstić information content (AvgIpc) is 2.50. The van der Waals surface area contributed by atoms with Gasteiger partial charge in [-0.25, -0.2) is 9.18 Å². The summed E-state index contributed by atoms with van der Waals surface area (Å²) in [7, 11) is 1.16. The van der Waals surface area contributed by atoms with Crippen molar-refractivity contribution < 1.29 is 41.7 Å². The number of nitrogens with zero attached hydrogens (tertiary/aromatic N) is 1. The van der Waals surface area contributed by atoms with Gasteiger partial charge in [0.2, 0.25) is 0 Å². The van der Waals surface area contributed by atoms with E-state index in [9.17, 15) is 22.4 Å². The summed E-state index contributed by atoms with van der Waals surface area (Å²) < 4.78 is 64.6. The molecule has 2 aromatic rings. The average molecular weight is 361 g/mol. The molecule has 0 saturated heterocycles. The molecule has 0 aliphatic carbocycles. The Kier molecular flexibility index (Phi) is 5.00. The van der Waals surface area contributed by atoms with E-state index in [2.05, 4.69) is 9.72 Å². The molecule has 10 heteroatoms. The third-order valence-corrected chi connectivity index (χ3v) is 2.96. The molecule has 6 nitrogen and oxygen atoms in total. The molecule has 0 atom stereocenters. The van der Waals surface area contributed by atoms with Crippen molar-refractivity contribution in [2.75, 3.05) is 7.11 Å². The molecular formula is C15H11F4NO5. The molecule has 0 radical (unpaired) electrons. The summed E-state index contributed by atoms with van der Waals surface area (Å²) >= 11 is 0. The second-order valence-corrected chi connectivity index (χ2v) is 4.66. The smallest absolute Gasteiger partial charge is 0.493 e. The number of carboxylic acids is 1. The number of hydrogen-bond acceptors (Lipinski definition) is 5. The van der Waals surface area contributed by atoms with Crippen molar-refractivity contribution in [3.63, 3.8) is 0 Å². The van der Waals surface area contributed by atoms with Gasteiger partial charge >= 0.3 is 12.3 Å². The van der Waals surface area contributed by atoms with Crippen LogP contribution in [0.15, 0.2) is 24.4 Å². The first-order valence-electron chi connectivity index (χ1n) is 6.62. The number of carboxylic acid groups (broad SMARTS) is 1. The zero-order valence-electron chi connectivity index (χ0n) is 12.8. The van der Waals surface area contributed by atoms with Gasteiger partial charge in [0.15, 0.2) is 23.1 Å². The topological polar surface area (TPSA) is 77.9 Å². The normalized spacial score (nSPS) is 11.1. The molecule has 25 heavy (non-hydrogen) atoms. The highest BCUT2D eigenvalue weighted by Gasteiger charge is 2.31. The highest BCUT2D eigenvalue weighted by atomic mass is 19.4. The highest BCUT2D eigenvalue weighted by Crippen LogP contribution is 2.37. The third kappa shape index (κ3) is 4.28. The van der Waals surface area contributed by atoms with E-state index in [-0.39, 0.29) is 17.2 Å². The molecule has 1 heterocycles. The van der Waals surface area contributed by atoms with Gasteiger partial charge in [-0.2, -0.15) is 0 Å². The van der Waals surface area contributed by atoms with Gasteiger partial charge in [0.1, 0.15) is 11.3 Å². The molecule has 0 aliphatic rings. The summed E-state index contributed by atoms with van der Waals surface area (Å²) in [6.07, 6.45) is -3.91. The number of benzene rings is 1. The van der Waals surface area contributed by atoms with Crippen LogP contribution < -0.4 is 14.2 Å². The SMILES string of the molecule is COc1cc(OC(F)(F)F)ccc1Oc1cnc(C)c(F)c1C(=O)O. The van der Waals surface area contributed by atoms with Gasteiger partial charge < -0.3 is 19.3 Å². The van der Waals surface area contributed by atoms with Crippen LogP contribution in [0, 0.1) is 12.7 Å². The van der Waals surface area contributed by atoms with E-state index in [1.165, 1.54) is 6.92 Å². The van der Waals surface area contributed by atoms with Crippen LogP contribution in [-0.2, 0) is 0 Å². The van der Waals surface area contributed by atoms with Gasteiger partial charge in [-0.15, -0.1) is 13.2 Å². The minimum Gasteiger partial charge on any atom is -0.493 e. The van der Waals surface area contributed by atoms with Crippen molar-refractivity contribution in [2.24, 2.45) is 0 Å². The second kappa shape index (κ2) is 6.83. The molecule has 0 bridgehead atoms. The molecule has 0 fully saturated rings. The Balaban J connectivity index is 2.41. The molecule has 1 N–H and O–H groups in total. The second-order valence-electron chi connectivity index (χ2n) is 4.66. The Morgan fingerprint density at radius 2 is 1.88 bits per heavy atom. The number of ether oxygens (including phenoxy) is 3. The van der Waals surface area contributed by atoms with Crippen molar-refractivity contribution in [1.29, 1.82) is 0 Å². The van der Waals surface area contributed by atoms with Crippen LogP contribution in [0.2, 0.25) is 0 Å². The minimum absolute atomic E-state index is 0.148. The lowest BCUT2D eigenvalue weighted by Crippen LogP contribution is -2.17. The van der Waals surface area contributed by atoms with Crippen LogP contribution in [0.4, 0.5) is 17.6 Å². The largest absolute Gasteiger partial charge is 0.573 e. The Bertz CT molecular complexity index is 807. The summed E-state index contributed by atoms with van der Waals surface area (Å²) in [6, 6.07) is 2.88. The fourth-order valence-corrected chi connectivity index (χ4v) is 1.89. The van der Waals surface area contributed by atoms with E-state index in [0.717, 1.165) is 31.5 Å². The van der Waals surface area contributed by atoms with E-state index < -0.39 is 35.2 Å². The van der Waals surface area contributed by atoms with Gasteiger partial charge in [-0.1, -0.05) is 0 Å². The zero-order chi connectivity index (χ0) is 18.8. The predicted molar refractivity (Wildman–Crippen MR) is 75.6 cm³/mol. The molecule has 2 rings (SSSR count). The Labute approximate surface area is 138 Å². The molecule has 0 aliphatic heterocycles. The minimum atomic E-state index is -4.89. The standard InChI is InChI=1S/C15H11F4NO5/c1-7-13(16)12(14(21)22)11(6-20-7)24-9-4-3-8(5-10(9)23-2)25-15(17,18)19/h3-6H,1-2H3,(H,21,22). The number of aromatic carboxylic acids is 1. The maximum absolute atomic E-state index is 13.9. The van der Waals surface area contributed by atoms with E-state index in [0.29, 0.717) is 0 Å². The molecule has 0 spiro atoms. The molecule has 1 aromatic carbocycles. The number of halogens is 4. The number of aromatic nitrogens is 1. The lowest BCUT2D eigenvalue weighted by molar-refractivity contribution is -0.274. The van der Waals surface area contributed by atoms with Gasteiger partial charge in [0.05, 0.1) is 19.0 Å². The quantitative estimate of drug-likeness (QED) is 0.813. The Morgan fingerprint density at radius 3 is 2.44 bits per heavy atom. The van der Waals surface area contributed by atoms with Crippen LogP contribution in [0.25, 0.3) is 0 Å². The number of rotatable bonds is 5. The maximum Gasteiger partial charge on any atom is 0.573 e. The van der Waals surface area contributed by atoms with Crippen molar-refractivity contribution in [1.82, 2.24) is 4.98 Å². The summed E-state index contributed by atoms with van der Waals surface area (Å²) in [6.45, 7) is 1.27. The van der Waals surface area contributed by atoms with Crippen molar-refractivity contribution in [3.05, 3.63) is 41.5 Å². The van der Waals surface area contributed by atoms with Crippen molar-refractivity contribution in [3.8, 4) is 23.0 Å². The van der Waals surface area contributed by atoms with E-state index in [4.69, 9.17) is 14.6 Å². The monoisotopic (exact) mass is 361 g/mol. The van der Waals surface area contributed by atoms with Crippen molar-refractivity contribution in [2.45, 2.75) is 13.3 Å². The van der Waals surface area contributed by atoms with E-state index >= 15 is 0 Å². The number of alkyl halides is 3. The highest BCUT2D eigenvalue weighted by molar-refractivity contribution is 5.91. The van der Waals surface area contributed by atoms with E-state index in [1.807, 2.05) is 0 Å². The first-order chi connectivity index (χ1) is 11.6. The summed E-state index contributed by atoms with van der Waals surface area (Å²) in [5.74, 6) is -4.00. The summed E-state index contributed by atoms with van der Waals surface area (Å²) in [4.78, 5) is 14.9. The predicted octanol–water partition coefficient (Wildman–Crippen LogP) is 3.93. The molecule has 0 saturated carbocycles. The van der Waals surface area contributed by atoms with Gasteiger partial charge in [-0.05, 0) is 19.1 Å². The van der Waals surface area contributed by atoms with Crippen LogP contribution in [0.5, 0.6) is 23.0 Å². The molecular weight excluding hydrogens is 350 g/mol. The molecule has 0 amide bonds. The fourth-order valence-electron chi connectivity index (χ4n) is 1.89. The Hall–Kier alpha value is -3.04. The summed E-state index contributed by atoms with van der Waals surface area (Å²) in [5.41, 5.74) is -0.907. The number of methoxy groups -OCH3 is 1. The lowest BCUT2D eigenvalue weighted by Gasteiger charge is -2.15. The van der Waals surface area contributed by atoms with Gasteiger partial charge in [0.25, 0.3) is 0 Å².